The Morgan fingerprint density at radius 3 is 2.47 bits per heavy atom. The minimum Gasteiger partial charge on any atom is -0.376 e. The predicted octanol–water partition coefficient (Wildman–Crippen LogP) is 4.54. The number of anilines is 1. The molecule has 0 unspecified atom stereocenters. The lowest BCUT2D eigenvalue weighted by Gasteiger charge is -2.20. The van der Waals surface area contributed by atoms with Gasteiger partial charge in [-0.3, -0.25) is 0 Å². The molecule has 0 saturated heterocycles. The molecule has 1 aromatic heterocycles. The summed E-state index contributed by atoms with van der Waals surface area (Å²) in [6, 6.07) is 16.6. The summed E-state index contributed by atoms with van der Waals surface area (Å²) in [4.78, 5) is 1.82. The van der Waals surface area contributed by atoms with Gasteiger partial charge in [0.2, 0.25) is 0 Å². The van der Waals surface area contributed by atoms with E-state index >= 15 is 0 Å². The second kappa shape index (κ2) is 9.71. The van der Waals surface area contributed by atoms with Gasteiger partial charge in [0.1, 0.15) is 17.8 Å². The first-order chi connectivity index (χ1) is 14.6. The van der Waals surface area contributed by atoms with Gasteiger partial charge in [-0.2, -0.15) is 10.5 Å². The number of nitriles is 2. The van der Waals surface area contributed by atoms with E-state index in [4.69, 9.17) is 0 Å². The maximum absolute atomic E-state index is 10.0. The van der Waals surface area contributed by atoms with Gasteiger partial charge in [0.05, 0.1) is 29.6 Å². The zero-order valence-corrected chi connectivity index (χ0v) is 17.8. The first kappa shape index (κ1) is 21.1. The summed E-state index contributed by atoms with van der Waals surface area (Å²) in [5.74, 6) is 0. The van der Waals surface area contributed by atoms with Crippen molar-refractivity contribution in [1.29, 1.82) is 10.5 Å². The van der Waals surface area contributed by atoms with Crippen LogP contribution in [0, 0.1) is 22.7 Å². The van der Waals surface area contributed by atoms with Crippen LogP contribution in [0.4, 0.5) is 5.69 Å². The van der Waals surface area contributed by atoms with Crippen molar-refractivity contribution in [3.8, 4) is 23.4 Å². The SMILES string of the molecule is CCCCCc1cc(C#N)c(N(C)C)c(C#N)c1-c1cn(Cc2ccccc2)nn1. The lowest BCUT2D eigenvalue weighted by molar-refractivity contribution is 0.650. The van der Waals surface area contributed by atoms with E-state index in [-0.39, 0.29) is 0 Å². The molecule has 0 spiro atoms. The van der Waals surface area contributed by atoms with E-state index < -0.39 is 0 Å². The van der Waals surface area contributed by atoms with Crippen molar-refractivity contribution in [3.05, 3.63) is 64.8 Å². The normalized spacial score (nSPS) is 10.4. The fourth-order valence-corrected chi connectivity index (χ4v) is 3.70. The largest absolute Gasteiger partial charge is 0.376 e. The van der Waals surface area contributed by atoms with E-state index in [2.05, 4.69) is 29.4 Å². The van der Waals surface area contributed by atoms with Gasteiger partial charge >= 0.3 is 0 Å². The highest BCUT2D eigenvalue weighted by Crippen LogP contribution is 2.36. The zero-order valence-electron chi connectivity index (χ0n) is 17.8. The molecule has 1 heterocycles. The molecular weight excluding hydrogens is 372 g/mol. The molecule has 0 radical (unpaired) electrons. The van der Waals surface area contributed by atoms with Crippen LogP contribution in [0.1, 0.15) is 48.4 Å². The highest BCUT2D eigenvalue weighted by atomic mass is 15.4. The summed E-state index contributed by atoms with van der Waals surface area (Å²) in [6.07, 6.45) is 5.89. The Hall–Kier alpha value is -3.64. The van der Waals surface area contributed by atoms with Crippen LogP contribution in [-0.4, -0.2) is 29.1 Å². The maximum atomic E-state index is 10.0. The highest BCUT2D eigenvalue weighted by molar-refractivity contribution is 5.82. The van der Waals surface area contributed by atoms with Gasteiger partial charge in [0, 0.05) is 19.7 Å². The summed E-state index contributed by atoms with van der Waals surface area (Å²) in [6.45, 7) is 2.77. The second-order valence-electron chi connectivity index (χ2n) is 7.54. The summed E-state index contributed by atoms with van der Waals surface area (Å²) in [7, 11) is 3.70. The van der Waals surface area contributed by atoms with Gasteiger partial charge in [0.15, 0.2) is 0 Å². The fourth-order valence-electron chi connectivity index (χ4n) is 3.70. The number of hydrogen-bond acceptors (Lipinski definition) is 5. The van der Waals surface area contributed by atoms with Gasteiger partial charge in [0.25, 0.3) is 0 Å². The number of unbranched alkanes of at least 4 members (excludes halogenated alkanes) is 2. The predicted molar refractivity (Wildman–Crippen MR) is 118 cm³/mol. The Balaban J connectivity index is 2.11. The molecule has 0 N–H and O–H groups in total. The maximum Gasteiger partial charge on any atom is 0.114 e. The van der Waals surface area contributed by atoms with Crippen LogP contribution in [0.5, 0.6) is 0 Å². The van der Waals surface area contributed by atoms with Gasteiger partial charge in [-0.05, 0) is 30.0 Å². The molecule has 0 bridgehead atoms. The van der Waals surface area contributed by atoms with Crippen molar-refractivity contribution in [2.24, 2.45) is 0 Å². The van der Waals surface area contributed by atoms with Crippen molar-refractivity contribution >= 4 is 5.69 Å². The van der Waals surface area contributed by atoms with Crippen LogP contribution < -0.4 is 4.90 Å². The van der Waals surface area contributed by atoms with Gasteiger partial charge in [-0.1, -0.05) is 55.3 Å². The third-order valence-corrected chi connectivity index (χ3v) is 5.09. The fraction of sp³-hybridized carbons (Fsp3) is 0.333. The third-order valence-electron chi connectivity index (χ3n) is 5.09. The van der Waals surface area contributed by atoms with Gasteiger partial charge in [-0.25, -0.2) is 4.68 Å². The molecule has 3 rings (SSSR count). The van der Waals surface area contributed by atoms with Gasteiger partial charge in [-0.15, -0.1) is 5.10 Å². The molecule has 6 heteroatoms. The molecule has 30 heavy (non-hydrogen) atoms. The van der Waals surface area contributed by atoms with E-state index in [1.54, 1.807) is 4.68 Å². The van der Waals surface area contributed by atoms with E-state index in [0.717, 1.165) is 42.4 Å². The van der Waals surface area contributed by atoms with E-state index in [0.29, 0.717) is 29.1 Å². The monoisotopic (exact) mass is 398 g/mol. The topological polar surface area (TPSA) is 81.5 Å². The number of aromatic nitrogens is 3. The molecule has 0 amide bonds. The smallest absolute Gasteiger partial charge is 0.114 e. The zero-order chi connectivity index (χ0) is 21.5. The minimum atomic E-state index is 0.484. The van der Waals surface area contributed by atoms with Crippen molar-refractivity contribution in [3.63, 3.8) is 0 Å². The van der Waals surface area contributed by atoms with Crippen molar-refractivity contribution in [1.82, 2.24) is 15.0 Å². The Bertz CT molecular complexity index is 1080. The average molecular weight is 399 g/mol. The molecule has 0 aliphatic heterocycles. The molecule has 0 fully saturated rings. The lowest BCUT2D eigenvalue weighted by Crippen LogP contribution is -2.14. The number of aryl methyl sites for hydroxylation is 1. The van der Waals surface area contributed by atoms with E-state index in [1.165, 1.54) is 0 Å². The summed E-state index contributed by atoms with van der Waals surface area (Å²) in [5.41, 5.74) is 5.20. The first-order valence-corrected chi connectivity index (χ1v) is 10.2. The molecule has 2 aromatic carbocycles. The van der Waals surface area contributed by atoms with Crippen LogP contribution >= 0.6 is 0 Å². The Morgan fingerprint density at radius 2 is 1.83 bits per heavy atom. The molecule has 0 saturated carbocycles. The summed E-state index contributed by atoms with van der Waals surface area (Å²) in [5, 5.41) is 28.4. The van der Waals surface area contributed by atoms with Crippen LogP contribution in [0.15, 0.2) is 42.6 Å². The summed E-state index contributed by atoms with van der Waals surface area (Å²) < 4.78 is 1.79. The molecular formula is C24H26N6. The molecule has 0 atom stereocenters. The number of rotatable bonds is 8. The number of benzene rings is 2. The van der Waals surface area contributed by atoms with Crippen LogP contribution in [0.25, 0.3) is 11.3 Å². The molecule has 6 nitrogen and oxygen atoms in total. The van der Waals surface area contributed by atoms with Crippen molar-refractivity contribution in [2.45, 2.75) is 39.2 Å². The molecule has 0 aliphatic rings. The molecule has 0 aliphatic carbocycles. The van der Waals surface area contributed by atoms with Gasteiger partial charge < -0.3 is 4.90 Å². The first-order valence-electron chi connectivity index (χ1n) is 10.2. The van der Waals surface area contributed by atoms with Crippen molar-refractivity contribution < 1.29 is 0 Å². The third kappa shape index (κ3) is 4.50. The average Bonchev–Trinajstić information content (AvgIpc) is 3.21. The number of hydrogen-bond donors (Lipinski definition) is 0. The molecule has 3 aromatic rings. The Labute approximate surface area is 178 Å². The Kier molecular flexibility index (Phi) is 6.83. The highest BCUT2D eigenvalue weighted by Gasteiger charge is 2.22. The Morgan fingerprint density at radius 1 is 1.07 bits per heavy atom. The van der Waals surface area contributed by atoms with Crippen molar-refractivity contribution in [2.75, 3.05) is 19.0 Å². The standard InChI is InChI=1S/C24H26N6/c1-4-5-7-12-19-13-20(14-25)24(29(2)3)21(15-26)23(19)22-17-30(28-27-22)16-18-10-8-6-9-11-18/h6,8-11,13,17H,4-5,7,12,16H2,1-3H3. The minimum absolute atomic E-state index is 0.484. The van der Waals surface area contributed by atoms with Crippen LogP contribution in [0.3, 0.4) is 0 Å². The summed E-state index contributed by atoms with van der Waals surface area (Å²) >= 11 is 0. The van der Waals surface area contributed by atoms with Crippen LogP contribution in [-0.2, 0) is 13.0 Å². The van der Waals surface area contributed by atoms with E-state index in [1.807, 2.05) is 61.6 Å². The molecule has 152 valence electrons. The van der Waals surface area contributed by atoms with Crippen LogP contribution in [0.2, 0.25) is 0 Å². The quantitative estimate of drug-likeness (QED) is 0.521. The lowest BCUT2D eigenvalue weighted by atomic mass is 9.91. The van der Waals surface area contributed by atoms with E-state index in [9.17, 15) is 10.5 Å². The second-order valence-corrected chi connectivity index (χ2v) is 7.54. The number of nitrogens with zero attached hydrogens (tertiary/aromatic N) is 6.